The first-order valence-corrected chi connectivity index (χ1v) is 6.34. The maximum atomic E-state index is 4.44. The summed E-state index contributed by atoms with van der Waals surface area (Å²) in [5.74, 6) is 0. The van der Waals surface area contributed by atoms with Gasteiger partial charge in [-0.25, -0.2) is 4.98 Å². The molecule has 0 spiro atoms. The highest BCUT2D eigenvalue weighted by molar-refractivity contribution is 7.10. The monoisotopic (exact) mass is 224 g/mol. The van der Waals surface area contributed by atoms with Gasteiger partial charge in [0, 0.05) is 23.7 Å². The summed E-state index contributed by atoms with van der Waals surface area (Å²) in [4.78, 5) is 4.44. The summed E-state index contributed by atoms with van der Waals surface area (Å²) < 4.78 is 0. The molecule has 0 radical (unpaired) electrons. The van der Waals surface area contributed by atoms with Gasteiger partial charge in [0.05, 0.1) is 0 Å². The standard InChI is InChI=1S/C12H20N2S/c1-5-11(7-13-9(2)3)6-12-14-10(4)8-15-12/h6,8-9,13H,5,7H2,1-4H3. The van der Waals surface area contributed by atoms with Crippen molar-refractivity contribution in [2.75, 3.05) is 6.54 Å². The molecule has 1 aromatic heterocycles. The molecule has 0 saturated heterocycles. The molecule has 1 aromatic rings. The molecule has 1 heterocycles. The van der Waals surface area contributed by atoms with Crippen LogP contribution in [0.3, 0.4) is 0 Å². The van der Waals surface area contributed by atoms with Gasteiger partial charge >= 0.3 is 0 Å². The number of aryl methyl sites for hydroxylation is 1. The molecule has 2 nitrogen and oxygen atoms in total. The van der Waals surface area contributed by atoms with Crippen LogP contribution in [0.1, 0.15) is 37.9 Å². The first-order chi connectivity index (χ1) is 7.11. The van der Waals surface area contributed by atoms with E-state index >= 15 is 0 Å². The Kier molecular flexibility index (Phi) is 4.99. The lowest BCUT2D eigenvalue weighted by atomic mass is 10.2. The second-order valence-corrected chi connectivity index (χ2v) is 4.91. The molecular weight excluding hydrogens is 204 g/mol. The second kappa shape index (κ2) is 6.03. The Labute approximate surface area is 96.4 Å². The third-order valence-electron chi connectivity index (χ3n) is 2.16. The SMILES string of the molecule is CCC(=Cc1nc(C)cs1)CNC(C)C. The summed E-state index contributed by atoms with van der Waals surface area (Å²) in [5.41, 5.74) is 2.52. The normalized spacial score (nSPS) is 12.5. The smallest absolute Gasteiger partial charge is 0.116 e. The highest BCUT2D eigenvalue weighted by Gasteiger charge is 1.99. The van der Waals surface area contributed by atoms with E-state index in [0.717, 1.165) is 23.7 Å². The molecule has 0 saturated carbocycles. The zero-order valence-electron chi connectivity index (χ0n) is 10.0. The molecule has 1 rings (SSSR count). The largest absolute Gasteiger partial charge is 0.311 e. The van der Waals surface area contributed by atoms with E-state index in [1.54, 1.807) is 11.3 Å². The predicted molar refractivity (Wildman–Crippen MR) is 68.3 cm³/mol. The molecule has 0 aliphatic rings. The van der Waals surface area contributed by atoms with Crippen LogP contribution in [0.5, 0.6) is 0 Å². The van der Waals surface area contributed by atoms with Crippen LogP contribution in [0.25, 0.3) is 6.08 Å². The predicted octanol–water partition coefficient (Wildman–Crippen LogP) is 3.24. The molecule has 0 fully saturated rings. The van der Waals surface area contributed by atoms with Crippen molar-refractivity contribution in [3.05, 3.63) is 21.7 Å². The molecule has 15 heavy (non-hydrogen) atoms. The van der Waals surface area contributed by atoms with Crippen molar-refractivity contribution >= 4 is 17.4 Å². The molecule has 0 aliphatic carbocycles. The van der Waals surface area contributed by atoms with Gasteiger partial charge in [0.15, 0.2) is 0 Å². The van der Waals surface area contributed by atoms with Gasteiger partial charge in [-0.2, -0.15) is 0 Å². The Balaban J connectivity index is 2.61. The fourth-order valence-corrected chi connectivity index (χ4v) is 2.00. The highest BCUT2D eigenvalue weighted by Crippen LogP contribution is 2.14. The van der Waals surface area contributed by atoms with Crippen molar-refractivity contribution in [3.63, 3.8) is 0 Å². The summed E-state index contributed by atoms with van der Waals surface area (Å²) in [6, 6.07) is 0.540. The molecule has 0 bridgehead atoms. The van der Waals surface area contributed by atoms with E-state index in [4.69, 9.17) is 0 Å². The molecule has 0 atom stereocenters. The molecule has 3 heteroatoms. The first-order valence-electron chi connectivity index (χ1n) is 5.46. The minimum absolute atomic E-state index is 0.540. The summed E-state index contributed by atoms with van der Waals surface area (Å²) >= 11 is 1.71. The van der Waals surface area contributed by atoms with E-state index in [1.807, 2.05) is 6.92 Å². The van der Waals surface area contributed by atoms with Gasteiger partial charge in [-0.3, -0.25) is 0 Å². The van der Waals surface area contributed by atoms with E-state index in [9.17, 15) is 0 Å². The lowest BCUT2D eigenvalue weighted by Gasteiger charge is -2.09. The minimum Gasteiger partial charge on any atom is -0.311 e. The lowest BCUT2D eigenvalue weighted by molar-refractivity contribution is 0.617. The zero-order chi connectivity index (χ0) is 11.3. The summed E-state index contributed by atoms with van der Waals surface area (Å²) in [6.07, 6.45) is 3.28. The number of nitrogens with one attached hydrogen (secondary N) is 1. The van der Waals surface area contributed by atoms with Crippen LogP contribution in [0.4, 0.5) is 0 Å². The first kappa shape index (κ1) is 12.4. The Hall–Kier alpha value is -0.670. The Morgan fingerprint density at radius 1 is 1.60 bits per heavy atom. The van der Waals surface area contributed by atoms with Crippen molar-refractivity contribution < 1.29 is 0 Å². The van der Waals surface area contributed by atoms with Gasteiger partial charge in [-0.1, -0.05) is 26.3 Å². The zero-order valence-corrected chi connectivity index (χ0v) is 10.8. The van der Waals surface area contributed by atoms with E-state index in [1.165, 1.54) is 5.57 Å². The maximum absolute atomic E-state index is 4.44. The lowest BCUT2D eigenvalue weighted by Crippen LogP contribution is -2.24. The topological polar surface area (TPSA) is 24.9 Å². The van der Waals surface area contributed by atoms with Gasteiger partial charge in [0.2, 0.25) is 0 Å². The minimum atomic E-state index is 0.540. The van der Waals surface area contributed by atoms with Gasteiger partial charge in [-0.05, 0) is 19.4 Å². The van der Waals surface area contributed by atoms with Crippen LogP contribution in [-0.4, -0.2) is 17.6 Å². The number of hydrogen-bond acceptors (Lipinski definition) is 3. The average molecular weight is 224 g/mol. The molecule has 0 amide bonds. The number of hydrogen-bond donors (Lipinski definition) is 1. The van der Waals surface area contributed by atoms with Crippen molar-refractivity contribution in [2.24, 2.45) is 0 Å². The van der Waals surface area contributed by atoms with Crippen LogP contribution >= 0.6 is 11.3 Å². The fourth-order valence-electron chi connectivity index (χ4n) is 1.23. The average Bonchev–Trinajstić information content (AvgIpc) is 2.58. The van der Waals surface area contributed by atoms with E-state index in [2.05, 4.69) is 42.5 Å². The molecular formula is C12H20N2S. The maximum Gasteiger partial charge on any atom is 0.116 e. The van der Waals surface area contributed by atoms with Crippen LogP contribution < -0.4 is 5.32 Å². The molecule has 0 aromatic carbocycles. The molecule has 0 aliphatic heterocycles. The van der Waals surface area contributed by atoms with Crippen LogP contribution in [0.2, 0.25) is 0 Å². The molecule has 1 N–H and O–H groups in total. The third kappa shape index (κ3) is 4.58. The van der Waals surface area contributed by atoms with Gasteiger partial charge in [0.1, 0.15) is 5.01 Å². The van der Waals surface area contributed by atoms with Crippen molar-refractivity contribution in [1.29, 1.82) is 0 Å². The Morgan fingerprint density at radius 3 is 2.80 bits per heavy atom. The van der Waals surface area contributed by atoms with Crippen molar-refractivity contribution in [1.82, 2.24) is 10.3 Å². The van der Waals surface area contributed by atoms with Crippen LogP contribution in [0, 0.1) is 6.92 Å². The number of aromatic nitrogens is 1. The fraction of sp³-hybridized carbons (Fsp3) is 0.583. The Bertz CT molecular complexity index is 326. The summed E-state index contributed by atoms with van der Waals surface area (Å²) in [5, 5.41) is 6.64. The van der Waals surface area contributed by atoms with Gasteiger partial charge in [-0.15, -0.1) is 11.3 Å². The van der Waals surface area contributed by atoms with E-state index in [-0.39, 0.29) is 0 Å². The van der Waals surface area contributed by atoms with Crippen LogP contribution in [-0.2, 0) is 0 Å². The molecule has 84 valence electrons. The number of thiazole rings is 1. The van der Waals surface area contributed by atoms with Crippen molar-refractivity contribution in [2.45, 2.75) is 40.2 Å². The Morgan fingerprint density at radius 2 is 2.33 bits per heavy atom. The van der Waals surface area contributed by atoms with E-state index < -0.39 is 0 Å². The quantitative estimate of drug-likeness (QED) is 0.830. The number of rotatable bonds is 5. The summed E-state index contributed by atoms with van der Waals surface area (Å²) in [6.45, 7) is 9.52. The second-order valence-electron chi connectivity index (χ2n) is 4.02. The van der Waals surface area contributed by atoms with Gasteiger partial charge in [0.25, 0.3) is 0 Å². The van der Waals surface area contributed by atoms with Crippen molar-refractivity contribution in [3.8, 4) is 0 Å². The molecule has 0 unspecified atom stereocenters. The highest BCUT2D eigenvalue weighted by atomic mass is 32.1. The van der Waals surface area contributed by atoms with E-state index in [0.29, 0.717) is 6.04 Å². The number of nitrogens with zero attached hydrogens (tertiary/aromatic N) is 1. The third-order valence-corrected chi connectivity index (χ3v) is 3.07. The van der Waals surface area contributed by atoms with Crippen LogP contribution in [0.15, 0.2) is 11.0 Å². The summed E-state index contributed by atoms with van der Waals surface area (Å²) in [7, 11) is 0. The van der Waals surface area contributed by atoms with Gasteiger partial charge < -0.3 is 5.32 Å².